The number of furan rings is 1. The third kappa shape index (κ3) is 4.22. The van der Waals surface area contributed by atoms with Gasteiger partial charge < -0.3 is 8.60 Å². The van der Waals surface area contributed by atoms with Crippen molar-refractivity contribution in [3.8, 4) is 0 Å². The average molecular weight is 451 g/mol. The van der Waals surface area contributed by atoms with Crippen LogP contribution in [0, 0.1) is 34.0 Å². The molecule has 1 heterocycles. The molecule has 0 aliphatic heterocycles. The van der Waals surface area contributed by atoms with Gasteiger partial charge in [0.1, 0.15) is 6.26 Å². The van der Waals surface area contributed by atoms with Gasteiger partial charge in [-0.25, -0.2) is 0 Å². The van der Waals surface area contributed by atoms with Gasteiger partial charge in [0.2, 0.25) is 0 Å². The van der Waals surface area contributed by atoms with E-state index >= 15 is 0 Å². The van der Waals surface area contributed by atoms with Crippen LogP contribution in [0.15, 0.2) is 34.8 Å². The Morgan fingerprint density at radius 1 is 1.13 bits per heavy atom. The first-order valence-corrected chi connectivity index (χ1v) is 13.2. The Labute approximate surface area is 187 Å². The van der Waals surface area contributed by atoms with E-state index in [9.17, 15) is 8.42 Å². The summed E-state index contributed by atoms with van der Waals surface area (Å²) in [5.41, 5.74) is 2.98. The second-order valence-corrected chi connectivity index (χ2v) is 12.5. The highest BCUT2D eigenvalue weighted by molar-refractivity contribution is 7.81. The lowest BCUT2D eigenvalue weighted by Gasteiger charge is -2.66. The molecule has 0 saturated heterocycles. The van der Waals surface area contributed by atoms with Gasteiger partial charge >= 0.3 is 10.4 Å². The van der Waals surface area contributed by atoms with Crippen molar-refractivity contribution in [3.05, 3.63) is 36.0 Å². The van der Waals surface area contributed by atoms with Crippen LogP contribution >= 0.6 is 0 Å². The van der Waals surface area contributed by atoms with E-state index in [0.29, 0.717) is 16.7 Å². The first kappa shape index (κ1) is 22.9. The Hall–Kier alpha value is -1.27. The predicted molar refractivity (Wildman–Crippen MR) is 121 cm³/mol. The summed E-state index contributed by atoms with van der Waals surface area (Å²) in [6.07, 6.45) is 14.8. The molecule has 4 rings (SSSR count). The fourth-order valence-corrected chi connectivity index (χ4v) is 8.44. The van der Waals surface area contributed by atoms with E-state index in [1.165, 1.54) is 37.5 Å². The summed E-state index contributed by atoms with van der Waals surface area (Å²) in [5, 5.41) is 0. The molecule has 0 radical (unpaired) electrons. The Kier molecular flexibility index (Phi) is 5.87. The monoisotopic (exact) mass is 450 g/mol. The molecule has 3 saturated carbocycles. The third-order valence-corrected chi connectivity index (χ3v) is 9.77. The number of aryl methyl sites for hydroxylation is 1. The van der Waals surface area contributed by atoms with Gasteiger partial charge in [0.15, 0.2) is 0 Å². The molecule has 31 heavy (non-hydrogen) atoms. The maximum absolute atomic E-state index is 11.3. The van der Waals surface area contributed by atoms with E-state index < -0.39 is 10.4 Å². The number of hydrogen-bond donors (Lipinski definition) is 1. The van der Waals surface area contributed by atoms with Crippen LogP contribution in [0.25, 0.3) is 0 Å². The number of rotatable bonds is 5. The van der Waals surface area contributed by atoms with Crippen molar-refractivity contribution in [2.75, 3.05) is 0 Å². The molecule has 0 aromatic carbocycles. The van der Waals surface area contributed by atoms with Crippen LogP contribution in [0.2, 0.25) is 0 Å². The van der Waals surface area contributed by atoms with Crippen molar-refractivity contribution in [2.24, 2.45) is 34.0 Å². The lowest BCUT2D eigenvalue weighted by atomic mass is 9.39. The SMILES string of the molecule is CC1(C)CCC[C@@]2(C)C1CCC1(C)C(CCc3ccoc3)/C(=C/OS(=O)(=O)O)CCC12. The second-order valence-electron chi connectivity index (χ2n) is 11.5. The number of fused-ring (bicyclic) bond motifs is 3. The summed E-state index contributed by atoms with van der Waals surface area (Å²) < 4.78 is 41.7. The zero-order valence-corrected chi connectivity index (χ0v) is 20.2. The molecule has 1 aromatic rings. The van der Waals surface area contributed by atoms with E-state index in [1.807, 2.05) is 6.07 Å². The van der Waals surface area contributed by atoms with Gasteiger partial charge in [-0.2, -0.15) is 8.42 Å². The molecule has 5 nitrogen and oxygen atoms in total. The molecule has 1 aromatic heterocycles. The summed E-state index contributed by atoms with van der Waals surface area (Å²) >= 11 is 0. The van der Waals surface area contributed by atoms with Gasteiger partial charge in [0.05, 0.1) is 12.5 Å². The second kappa shape index (κ2) is 7.95. The van der Waals surface area contributed by atoms with Crippen LogP contribution in [0.4, 0.5) is 0 Å². The minimum atomic E-state index is -4.49. The van der Waals surface area contributed by atoms with Crippen molar-refractivity contribution in [1.82, 2.24) is 0 Å². The molecule has 6 heteroatoms. The Morgan fingerprint density at radius 3 is 2.58 bits per heavy atom. The summed E-state index contributed by atoms with van der Waals surface area (Å²) in [5.74, 6) is 1.57. The van der Waals surface area contributed by atoms with Gasteiger partial charge in [0, 0.05) is 0 Å². The molecule has 174 valence electrons. The van der Waals surface area contributed by atoms with E-state index in [4.69, 9.17) is 13.2 Å². The standard InChI is InChI=1S/C25H38O5S/c1-23(2)12-5-13-25(4)21(23)10-14-24(3)20(8-6-18-11-15-29-16-18)19(7-9-22(24)25)17-30-31(26,27)28/h11,15-17,20-22H,5-10,12-14H2,1-4H3,(H,26,27,28)/b19-17+/t20?,21?,22?,24?,25-/m0/s1. The molecule has 3 fully saturated rings. The van der Waals surface area contributed by atoms with Gasteiger partial charge in [-0.1, -0.05) is 34.1 Å². The van der Waals surface area contributed by atoms with E-state index in [1.54, 1.807) is 12.5 Å². The zero-order chi connectivity index (χ0) is 22.5. The smallest absolute Gasteiger partial charge is 0.445 e. The highest BCUT2D eigenvalue weighted by Gasteiger charge is 2.61. The Morgan fingerprint density at radius 2 is 1.90 bits per heavy atom. The Balaban J connectivity index is 1.68. The van der Waals surface area contributed by atoms with Crippen molar-refractivity contribution in [3.63, 3.8) is 0 Å². The molecule has 4 unspecified atom stereocenters. The Bertz CT molecular complexity index is 916. The van der Waals surface area contributed by atoms with E-state index in [0.717, 1.165) is 43.6 Å². The quantitative estimate of drug-likeness (QED) is 0.405. The van der Waals surface area contributed by atoms with Crippen molar-refractivity contribution in [1.29, 1.82) is 0 Å². The molecular formula is C25H38O5S. The summed E-state index contributed by atoms with van der Waals surface area (Å²) in [6.45, 7) is 9.89. The van der Waals surface area contributed by atoms with Crippen LogP contribution in [0.1, 0.15) is 84.6 Å². The van der Waals surface area contributed by atoms with Gasteiger partial charge in [-0.05, 0) is 103 Å². The molecule has 5 atom stereocenters. The van der Waals surface area contributed by atoms with E-state index in [2.05, 4.69) is 27.7 Å². The first-order valence-electron chi connectivity index (χ1n) is 11.8. The van der Waals surface area contributed by atoms with Gasteiger partial charge in [-0.3, -0.25) is 4.55 Å². The number of allylic oxidation sites excluding steroid dienone is 1. The average Bonchev–Trinajstić information content (AvgIpc) is 3.17. The summed E-state index contributed by atoms with van der Waals surface area (Å²) in [4.78, 5) is 0. The molecule has 0 bridgehead atoms. The summed E-state index contributed by atoms with van der Waals surface area (Å²) in [7, 11) is -4.49. The van der Waals surface area contributed by atoms with Crippen LogP contribution in [0.5, 0.6) is 0 Å². The third-order valence-electron chi connectivity index (χ3n) is 9.43. The minimum absolute atomic E-state index is 0.0923. The van der Waals surface area contributed by atoms with Crippen molar-refractivity contribution >= 4 is 10.4 Å². The molecule has 3 aliphatic rings. The minimum Gasteiger partial charge on any atom is -0.472 e. The molecule has 3 aliphatic carbocycles. The lowest BCUT2D eigenvalue weighted by molar-refractivity contribution is -0.154. The topological polar surface area (TPSA) is 76.7 Å². The van der Waals surface area contributed by atoms with E-state index in [-0.39, 0.29) is 11.3 Å². The highest BCUT2D eigenvalue weighted by Crippen LogP contribution is 2.69. The maximum atomic E-state index is 11.3. The highest BCUT2D eigenvalue weighted by atomic mass is 32.3. The maximum Gasteiger partial charge on any atom is 0.445 e. The van der Waals surface area contributed by atoms with Gasteiger partial charge in [0.25, 0.3) is 0 Å². The molecular weight excluding hydrogens is 412 g/mol. The first-order chi connectivity index (χ1) is 14.5. The van der Waals surface area contributed by atoms with Crippen LogP contribution in [-0.2, 0) is 21.0 Å². The number of hydrogen-bond acceptors (Lipinski definition) is 4. The molecule has 1 N–H and O–H groups in total. The summed E-state index contributed by atoms with van der Waals surface area (Å²) in [6, 6.07) is 2.00. The molecule has 0 amide bonds. The van der Waals surface area contributed by atoms with Crippen molar-refractivity contribution < 1.29 is 21.6 Å². The predicted octanol–water partition coefficient (Wildman–Crippen LogP) is 6.57. The van der Waals surface area contributed by atoms with Crippen LogP contribution < -0.4 is 0 Å². The zero-order valence-electron chi connectivity index (χ0n) is 19.4. The largest absolute Gasteiger partial charge is 0.472 e. The van der Waals surface area contributed by atoms with Gasteiger partial charge in [-0.15, -0.1) is 0 Å². The normalized spacial score (nSPS) is 39.0. The van der Waals surface area contributed by atoms with Crippen molar-refractivity contribution in [2.45, 2.75) is 85.5 Å². The molecule has 0 spiro atoms. The lowest BCUT2D eigenvalue weighted by Crippen LogP contribution is -2.58. The van der Waals surface area contributed by atoms with Crippen LogP contribution in [0.3, 0.4) is 0 Å². The fourth-order valence-electron chi connectivity index (χ4n) is 8.20. The van der Waals surface area contributed by atoms with Crippen LogP contribution in [-0.4, -0.2) is 13.0 Å². The fraction of sp³-hybridized carbons (Fsp3) is 0.760.